The summed E-state index contributed by atoms with van der Waals surface area (Å²) in [4.78, 5) is 10.6. The standard InChI is InChI=1S/C14H20O4/c1-2-3-7-17-10-13(16)11-18-14-6-4-5-12(8-14)9-15/h4-6,8-9,13,16H,2-3,7,10-11H2,1H3/t13-/m1/s1. The van der Waals surface area contributed by atoms with Gasteiger partial charge in [-0.05, 0) is 18.6 Å². The molecule has 1 N–H and O–H groups in total. The Morgan fingerprint density at radius 1 is 1.39 bits per heavy atom. The molecule has 0 amide bonds. The van der Waals surface area contributed by atoms with E-state index in [1.54, 1.807) is 24.3 Å². The summed E-state index contributed by atoms with van der Waals surface area (Å²) in [6.07, 6.45) is 2.18. The summed E-state index contributed by atoms with van der Waals surface area (Å²) in [7, 11) is 0. The van der Waals surface area contributed by atoms with Crippen LogP contribution in [0.1, 0.15) is 30.1 Å². The van der Waals surface area contributed by atoms with Crippen LogP contribution in [-0.4, -0.2) is 37.3 Å². The molecule has 100 valence electrons. The van der Waals surface area contributed by atoms with Gasteiger partial charge in [-0.15, -0.1) is 0 Å². The maximum atomic E-state index is 10.6. The molecule has 0 unspecified atom stereocenters. The zero-order chi connectivity index (χ0) is 13.2. The molecule has 0 saturated heterocycles. The molecule has 0 radical (unpaired) electrons. The highest BCUT2D eigenvalue weighted by atomic mass is 16.5. The largest absolute Gasteiger partial charge is 0.491 e. The van der Waals surface area contributed by atoms with Crippen LogP contribution in [0.5, 0.6) is 5.75 Å². The minimum Gasteiger partial charge on any atom is -0.491 e. The van der Waals surface area contributed by atoms with E-state index in [2.05, 4.69) is 6.92 Å². The molecule has 1 aromatic rings. The van der Waals surface area contributed by atoms with Gasteiger partial charge in [0.2, 0.25) is 0 Å². The van der Waals surface area contributed by atoms with Gasteiger partial charge in [0.25, 0.3) is 0 Å². The lowest BCUT2D eigenvalue weighted by molar-refractivity contribution is 0.0113. The van der Waals surface area contributed by atoms with Gasteiger partial charge in [-0.25, -0.2) is 0 Å². The molecule has 4 heteroatoms. The fourth-order valence-electron chi connectivity index (χ4n) is 1.38. The third kappa shape index (κ3) is 5.80. The number of aldehydes is 1. The van der Waals surface area contributed by atoms with Gasteiger partial charge >= 0.3 is 0 Å². The summed E-state index contributed by atoms with van der Waals surface area (Å²) in [6.45, 7) is 3.18. The lowest BCUT2D eigenvalue weighted by Gasteiger charge is -2.12. The SMILES string of the molecule is CCCCOC[C@@H](O)COc1cccc(C=O)c1. The molecule has 0 aliphatic heterocycles. The summed E-state index contributed by atoms with van der Waals surface area (Å²) < 4.78 is 10.7. The fraction of sp³-hybridized carbons (Fsp3) is 0.500. The first-order valence-electron chi connectivity index (χ1n) is 6.20. The Labute approximate surface area is 108 Å². The van der Waals surface area contributed by atoms with Crippen molar-refractivity contribution in [3.63, 3.8) is 0 Å². The number of hydrogen-bond donors (Lipinski definition) is 1. The molecule has 0 aliphatic carbocycles. The molecule has 0 heterocycles. The van der Waals surface area contributed by atoms with Gasteiger partial charge < -0.3 is 14.6 Å². The minimum absolute atomic E-state index is 0.161. The van der Waals surface area contributed by atoms with Gasteiger partial charge in [-0.2, -0.15) is 0 Å². The molecular weight excluding hydrogens is 232 g/mol. The number of hydrogen-bond acceptors (Lipinski definition) is 4. The summed E-state index contributed by atoms with van der Waals surface area (Å²) >= 11 is 0. The first-order chi connectivity index (χ1) is 8.76. The number of carbonyl (C=O) groups is 1. The van der Waals surface area contributed by atoms with Gasteiger partial charge in [0.15, 0.2) is 0 Å². The normalized spacial score (nSPS) is 12.1. The number of aliphatic hydroxyl groups excluding tert-OH is 1. The molecule has 0 bridgehead atoms. The zero-order valence-electron chi connectivity index (χ0n) is 10.7. The van der Waals surface area contributed by atoms with Crippen LogP contribution in [0.25, 0.3) is 0 Å². The summed E-state index contributed by atoms with van der Waals surface area (Å²) in [5.74, 6) is 0.576. The quantitative estimate of drug-likeness (QED) is 0.540. The molecule has 0 saturated carbocycles. The van der Waals surface area contributed by atoms with E-state index in [1.807, 2.05) is 0 Å². The number of rotatable bonds is 9. The summed E-state index contributed by atoms with van der Waals surface area (Å²) in [5.41, 5.74) is 0.557. The first kappa shape index (κ1) is 14.7. The maximum Gasteiger partial charge on any atom is 0.150 e. The summed E-state index contributed by atoms with van der Waals surface area (Å²) in [6, 6.07) is 6.82. The second kappa shape index (κ2) is 8.66. The Morgan fingerprint density at radius 3 is 2.94 bits per heavy atom. The van der Waals surface area contributed by atoms with Crippen LogP contribution >= 0.6 is 0 Å². The second-order valence-corrected chi connectivity index (χ2v) is 4.08. The van der Waals surface area contributed by atoms with Gasteiger partial charge in [-0.3, -0.25) is 4.79 Å². The van der Waals surface area contributed by atoms with Crippen LogP contribution in [-0.2, 0) is 4.74 Å². The van der Waals surface area contributed by atoms with Crippen molar-refractivity contribution in [2.75, 3.05) is 19.8 Å². The first-order valence-corrected chi connectivity index (χ1v) is 6.20. The number of ether oxygens (including phenoxy) is 2. The molecule has 4 nitrogen and oxygen atoms in total. The van der Waals surface area contributed by atoms with Crippen LogP contribution in [0.4, 0.5) is 0 Å². The highest BCUT2D eigenvalue weighted by Crippen LogP contribution is 2.12. The molecule has 1 atom stereocenters. The number of unbranched alkanes of at least 4 members (excludes halogenated alkanes) is 1. The number of aliphatic hydroxyl groups is 1. The highest BCUT2D eigenvalue weighted by Gasteiger charge is 2.05. The third-order valence-electron chi connectivity index (χ3n) is 2.39. The van der Waals surface area contributed by atoms with E-state index < -0.39 is 6.10 Å². The molecule has 0 aromatic heterocycles. The molecule has 0 spiro atoms. The van der Waals surface area contributed by atoms with Gasteiger partial charge in [0, 0.05) is 12.2 Å². The smallest absolute Gasteiger partial charge is 0.150 e. The Hall–Kier alpha value is -1.39. The maximum absolute atomic E-state index is 10.6. The van der Waals surface area contributed by atoms with Gasteiger partial charge in [-0.1, -0.05) is 25.5 Å². The number of benzene rings is 1. The van der Waals surface area contributed by atoms with E-state index >= 15 is 0 Å². The van der Waals surface area contributed by atoms with Crippen molar-refractivity contribution in [1.82, 2.24) is 0 Å². The highest BCUT2D eigenvalue weighted by molar-refractivity contribution is 5.75. The summed E-state index contributed by atoms with van der Waals surface area (Å²) in [5, 5.41) is 9.62. The molecule has 18 heavy (non-hydrogen) atoms. The van der Waals surface area contributed by atoms with Crippen LogP contribution in [0.3, 0.4) is 0 Å². The predicted octanol–water partition coefficient (Wildman–Crippen LogP) is 2.06. The van der Waals surface area contributed by atoms with Crippen molar-refractivity contribution in [1.29, 1.82) is 0 Å². The Bertz CT molecular complexity index is 351. The molecule has 0 aliphatic rings. The van der Waals surface area contributed by atoms with Crippen molar-refractivity contribution >= 4 is 6.29 Å². The van der Waals surface area contributed by atoms with E-state index in [0.717, 1.165) is 19.1 Å². The van der Waals surface area contributed by atoms with Gasteiger partial charge in [0.1, 0.15) is 24.7 Å². The van der Waals surface area contributed by atoms with Crippen LogP contribution < -0.4 is 4.74 Å². The van der Waals surface area contributed by atoms with E-state index in [4.69, 9.17) is 9.47 Å². The molecule has 1 aromatic carbocycles. The Morgan fingerprint density at radius 2 is 2.22 bits per heavy atom. The van der Waals surface area contributed by atoms with Crippen molar-refractivity contribution in [3.05, 3.63) is 29.8 Å². The van der Waals surface area contributed by atoms with Crippen molar-refractivity contribution in [2.24, 2.45) is 0 Å². The van der Waals surface area contributed by atoms with E-state index in [1.165, 1.54) is 0 Å². The predicted molar refractivity (Wildman–Crippen MR) is 69.1 cm³/mol. The molecule has 0 fully saturated rings. The van der Waals surface area contributed by atoms with Crippen molar-refractivity contribution in [2.45, 2.75) is 25.9 Å². The zero-order valence-corrected chi connectivity index (χ0v) is 10.7. The lowest BCUT2D eigenvalue weighted by atomic mass is 10.2. The van der Waals surface area contributed by atoms with Crippen molar-refractivity contribution < 1.29 is 19.4 Å². The second-order valence-electron chi connectivity index (χ2n) is 4.08. The van der Waals surface area contributed by atoms with Crippen LogP contribution in [0.2, 0.25) is 0 Å². The van der Waals surface area contributed by atoms with E-state index in [9.17, 15) is 9.90 Å². The van der Waals surface area contributed by atoms with Gasteiger partial charge in [0.05, 0.1) is 6.61 Å². The van der Waals surface area contributed by atoms with E-state index in [-0.39, 0.29) is 13.2 Å². The number of carbonyl (C=O) groups excluding carboxylic acids is 1. The topological polar surface area (TPSA) is 55.8 Å². The fourth-order valence-corrected chi connectivity index (χ4v) is 1.38. The Balaban J connectivity index is 2.24. The third-order valence-corrected chi connectivity index (χ3v) is 2.39. The molecular formula is C14H20O4. The monoisotopic (exact) mass is 252 g/mol. The van der Waals surface area contributed by atoms with E-state index in [0.29, 0.717) is 17.9 Å². The minimum atomic E-state index is -0.651. The van der Waals surface area contributed by atoms with Crippen LogP contribution in [0.15, 0.2) is 24.3 Å². The lowest BCUT2D eigenvalue weighted by Crippen LogP contribution is -2.23. The Kier molecular flexibility index (Phi) is 7.06. The van der Waals surface area contributed by atoms with Crippen LogP contribution in [0, 0.1) is 0 Å². The average molecular weight is 252 g/mol. The van der Waals surface area contributed by atoms with Crippen molar-refractivity contribution in [3.8, 4) is 5.75 Å². The molecule has 1 rings (SSSR count). The average Bonchev–Trinajstić information content (AvgIpc) is 2.41.